The molecule has 1 saturated carbocycles. The molecule has 0 aromatic carbocycles. The quantitative estimate of drug-likeness (QED) is 0.789. The van der Waals surface area contributed by atoms with E-state index in [1.165, 1.54) is 25.7 Å². The van der Waals surface area contributed by atoms with E-state index < -0.39 is 0 Å². The number of hydrogen-bond acceptors (Lipinski definition) is 3. The molecule has 0 spiro atoms. The molecule has 0 unspecified atom stereocenters. The second-order valence-corrected chi connectivity index (χ2v) is 4.58. The van der Waals surface area contributed by atoms with Crippen molar-refractivity contribution >= 4 is 17.3 Å². The minimum Gasteiger partial charge on any atom is -0.444 e. The number of aryl methyl sites for hydroxylation is 1. The van der Waals surface area contributed by atoms with E-state index in [0.29, 0.717) is 23.6 Å². The number of thiocarbonyl (C=S) groups is 1. The Morgan fingerprint density at radius 1 is 1.56 bits per heavy atom. The summed E-state index contributed by atoms with van der Waals surface area (Å²) in [7, 11) is 0. The van der Waals surface area contributed by atoms with Gasteiger partial charge in [-0.1, -0.05) is 12.8 Å². The zero-order valence-electron chi connectivity index (χ0n) is 9.45. The third-order valence-electron chi connectivity index (χ3n) is 2.76. The molecule has 1 aromatic heterocycles. The van der Waals surface area contributed by atoms with Crippen molar-refractivity contribution in [3.63, 3.8) is 0 Å². The Labute approximate surface area is 101 Å². The first-order chi connectivity index (χ1) is 7.74. The van der Waals surface area contributed by atoms with Crippen LogP contribution in [0, 0.1) is 6.92 Å². The van der Waals surface area contributed by atoms with Gasteiger partial charge in [-0.3, -0.25) is 0 Å². The highest BCUT2D eigenvalue weighted by atomic mass is 32.1. The lowest BCUT2D eigenvalue weighted by Gasteiger charge is -2.14. The van der Waals surface area contributed by atoms with Crippen LogP contribution in [0.25, 0.3) is 0 Å². The van der Waals surface area contributed by atoms with Crippen molar-refractivity contribution in [1.29, 1.82) is 0 Å². The Morgan fingerprint density at radius 3 is 2.94 bits per heavy atom. The SMILES string of the molecule is Cc1cnc(CNC(=S)NC2CCCC2)o1. The molecule has 2 N–H and O–H groups in total. The molecular weight excluding hydrogens is 222 g/mol. The van der Waals surface area contributed by atoms with Gasteiger partial charge in [0.25, 0.3) is 0 Å². The van der Waals surface area contributed by atoms with E-state index in [-0.39, 0.29) is 0 Å². The summed E-state index contributed by atoms with van der Waals surface area (Å²) in [6, 6.07) is 0.547. The fraction of sp³-hybridized carbons (Fsp3) is 0.636. The van der Waals surface area contributed by atoms with E-state index in [2.05, 4.69) is 15.6 Å². The molecule has 88 valence electrons. The van der Waals surface area contributed by atoms with E-state index in [9.17, 15) is 0 Å². The summed E-state index contributed by atoms with van der Waals surface area (Å²) in [6.45, 7) is 2.43. The van der Waals surface area contributed by atoms with Crippen molar-refractivity contribution in [2.24, 2.45) is 0 Å². The molecule has 1 fully saturated rings. The molecule has 0 aliphatic heterocycles. The highest BCUT2D eigenvalue weighted by Crippen LogP contribution is 2.17. The number of oxazole rings is 1. The van der Waals surface area contributed by atoms with Gasteiger partial charge in [0, 0.05) is 6.04 Å². The number of rotatable bonds is 3. The Balaban J connectivity index is 1.71. The first-order valence-corrected chi connectivity index (χ1v) is 6.10. The van der Waals surface area contributed by atoms with Gasteiger partial charge in [0.15, 0.2) is 5.11 Å². The highest BCUT2D eigenvalue weighted by Gasteiger charge is 2.15. The van der Waals surface area contributed by atoms with Crippen molar-refractivity contribution < 1.29 is 4.42 Å². The van der Waals surface area contributed by atoms with Crippen molar-refractivity contribution in [2.45, 2.75) is 45.2 Å². The summed E-state index contributed by atoms with van der Waals surface area (Å²) in [5, 5.41) is 7.11. The number of aromatic nitrogens is 1. The number of hydrogen-bond donors (Lipinski definition) is 2. The lowest BCUT2D eigenvalue weighted by atomic mass is 10.3. The maximum Gasteiger partial charge on any atom is 0.213 e. The van der Waals surface area contributed by atoms with Gasteiger partial charge in [0.1, 0.15) is 5.76 Å². The Kier molecular flexibility index (Phi) is 3.77. The van der Waals surface area contributed by atoms with Gasteiger partial charge in [-0.05, 0) is 32.0 Å². The van der Waals surface area contributed by atoms with Crippen LogP contribution in [-0.4, -0.2) is 16.1 Å². The first kappa shape index (κ1) is 11.4. The minimum atomic E-state index is 0.547. The molecule has 1 heterocycles. The van der Waals surface area contributed by atoms with E-state index in [0.717, 1.165) is 5.76 Å². The van der Waals surface area contributed by atoms with Gasteiger partial charge in [-0.25, -0.2) is 4.98 Å². The normalized spacial score (nSPS) is 16.3. The van der Waals surface area contributed by atoms with Gasteiger partial charge in [0.2, 0.25) is 5.89 Å². The molecule has 5 heteroatoms. The first-order valence-electron chi connectivity index (χ1n) is 5.70. The summed E-state index contributed by atoms with van der Waals surface area (Å²) < 4.78 is 5.34. The summed E-state index contributed by atoms with van der Waals surface area (Å²) >= 11 is 5.20. The van der Waals surface area contributed by atoms with Crippen LogP contribution in [0.1, 0.15) is 37.3 Å². The van der Waals surface area contributed by atoms with E-state index in [4.69, 9.17) is 16.6 Å². The summed E-state index contributed by atoms with van der Waals surface area (Å²) in [6.07, 6.45) is 6.77. The largest absolute Gasteiger partial charge is 0.444 e. The lowest BCUT2D eigenvalue weighted by molar-refractivity contribution is 0.464. The summed E-state index contributed by atoms with van der Waals surface area (Å²) in [5.74, 6) is 1.50. The average molecular weight is 239 g/mol. The van der Waals surface area contributed by atoms with Gasteiger partial charge < -0.3 is 15.1 Å². The monoisotopic (exact) mass is 239 g/mol. The molecule has 0 amide bonds. The number of nitrogens with one attached hydrogen (secondary N) is 2. The Morgan fingerprint density at radius 2 is 2.31 bits per heavy atom. The van der Waals surface area contributed by atoms with Crippen LogP contribution in [0.3, 0.4) is 0 Å². The third-order valence-corrected chi connectivity index (χ3v) is 3.02. The van der Waals surface area contributed by atoms with Gasteiger partial charge in [-0.15, -0.1) is 0 Å². The Bertz CT molecular complexity index is 358. The summed E-state index contributed by atoms with van der Waals surface area (Å²) in [4.78, 5) is 4.10. The topological polar surface area (TPSA) is 50.1 Å². The smallest absolute Gasteiger partial charge is 0.213 e. The maximum atomic E-state index is 5.34. The van der Waals surface area contributed by atoms with Crippen LogP contribution in [0.5, 0.6) is 0 Å². The minimum absolute atomic E-state index is 0.547. The highest BCUT2D eigenvalue weighted by molar-refractivity contribution is 7.80. The van der Waals surface area contributed by atoms with Crippen LogP contribution in [0.15, 0.2) is 10.6 Å². The lowest BCUT2D eigenvalue weighted by Crippen LogP contribution is -2.40. The van der Waals surface area contributed by atoms with Crippen molar-refractivity contribution in [1.82, 2.24) is 15.6 Å². The fourth-order valence-corrected chi connectivity index (χ4v) is 2.18. The van der Waals surface area contributed by atoms with Crippen molar-refractivity contribution in [3.8, 4) is 0 Å². The van der Waals surface area contributed by atoms with Crippen LogP contribution < -0.4 is 10.6 Å². The van der Waals surface area contributed by atoms with Crippen LogP contribution >= 0.6 is 12.2 Å². The fourth-order valence-electron chi connectivity index (χ4n) is 1.95. The van der Waals surface area contributed by atoms with Gasteiger partial charge in [0.05, 0.1) is 12.7 Å². The van der Waals surface area contributed by atoms with Gasteiger partial charge in [-0.2, -0.15) is 0 Å². The van der Waals surface area contributed by atoms with Crippen molar-refractivity contribution in [3.05, 3.63) is 17.8 Å². The molecule has 0 radical (unpaired) electrons. The Hall–Kier alpha value is -1.10. The third kappa shape index (κ3) is 3.20. The number of nitrogens with zero attached hydrogens (tertiary/aromatic N) is 1. The van der Waals surface area contributed by atoms with Crippen LogP contribution in [0.4, 0.5) is 0 Å². The maximum absolute atomic E-state index is 5.34. The molecular formula is C11H17N3OS. The average Bonchev–Trinajstić information content (AvgIpc) is 2.87. The predicted octanol–water partition coefficient (Wildman–Crippen LogP) is 1.89. The van der Waals surface area contributed by atoms with E-state index in [1.54, 1.807) is 6.20 Å². The van der Waals surface area contributed by atoms with Crippen molar-refractivity contribution in [2.75, 3.05) is 0 Å². The second-order valence-electron chi connectivity index (χ2n) is 4.17. The second kappa shape index (κ2) is 5.30. The molecule has 1 aliphatic rings. The molecule has 0 saturated heterocycles. The van der Waals surface area contributed by atoms with Gasteiger partial charge >= 0.3 is 0 Å². The zero-order chi connectivity index (χ0) is 11.4. The molecule has 16 heavy (non-hydrogen) atoms. The molecule has 2 rings (SSSR count). The zero-order valence-corrected chi connectivity index (χ0v) is 10.3. The standard InChI is InChI=1S/C11H17N3OS/c1-8-6-12-10(15-8)7-13-11(16)14-9-4-2-3-5-9/h6,9H,2-5,7H2,1H3,(H2,13,14,16). The van der Waals surface area contributed by atoms with Crippen LogP contribution in [-0.2, 0) is 6.54 Å². The molecule has 4 nitrogen and oxygen atoms in total. The summed E-state index contributed by atoms with van der Waals surface area (Å²) in [5.41, 5.74) is 0. The predicted molar refractivity (Wildman–Crippen MR) is 66.1 cm³/mol. The molecule has 0 atom stereocenters. The van der Waals surface area contributed by atoms with E-state index >= 15 is 0 Å². The molecule has 0 bridgehead atoms. The van der Waals surface area contributed by atoms with Crippen LogP contribution in [0.2, 0.25) is 0 Å². The van der Waals surface area contributed by atoms with E-state index in [1.807, 2.05) is 6.92 Å². The molecule has 1 aliphatic carbocycles. The molecule has 1 aromatic rings.